The van der Waals surface area contributed by atoms with Gasteiger partial charge in [-0.2, -0.15) is 4.98 Å². The number of rotatable bonds is 4. The predicted molar refractivity (Wildman–Crippen MR) is 76.7 cm³/mol. The summed E-state index contributed by atoms with van der Waals surface area (Å²) in [5.41, 5.74) is 0.928. The highest BCUT2D eigenvalue weighted by atomic mass is 16.5. The molecule has 1 aromatic rings. The quantitative estimate of drug-likeness (QED) is 0.902. The highest BCUT2D eigenvalue weighted by Crippen LogP contribution is 2.17. The molecule has 1 atom stereocenters. The number of likely N-dealkylation sites (N-methyl/N-ethyl adjacent to an activating group) is 1. The molecule has 5 heteroatoms. The number of anilines is 1. The van der Waals surface area contributed by atoms with E-state index in [2.05, 4.69) is 27.2 Å². The van der Waals surface area contributed by atoms with Crippen LogP contribution in [0.5, 0.6) is 5.88 Å². The first-order chi connectivity index (χ1) is 9.02. The van der Waals surface area contributed by atoms with Crippen molar-refractivity contribution in [1.29, 1.82) is 0 Å². The van der Waals surface area contributed by atoms with Gasteiger partial charge in [0.2, 0.25) is 11.8 Å². The molecule has 1 unspecified atom stereocenters. The van der Waals surface area contributed by atoms with Crippen LogP contribution in [-0.4, -0.2) is 47.2 Å². The second-order valence-corrected chi connectivity index (χ2v) is 5.58. The van der Waals surface area contributed by atoms with E-state index in [1.807, 2.05) is 26.8 Å². The van der Waals surface area contributed by atoms with Gasteiger partial charge < -0.3 is 15.0 Å². The molecule has 1 saturated heterocycles. The lowest BCUT2D eigenvalue weighted by Crippen LogP contribution is -2.40. The molecule has 1 aromatic heterocycles. The van der Waals surface area contributed by atoms with Crippen molar-refractivity contribution >= 4 is 5.95 Å². The Morgan fingerprint density at radius 2 is 2.21 bits per heavy atom. The fourth-order valence-corrected chi connectivity index (χ4v) is 2.37. The van der Waals surface area contributed by atoms with Gasteiger partial charge in [-0.1, -0.05) is 0 Å². The van der Waals surface area contributed by atoms with Crippen molar-refractivity contribution in [2.45, 2.75) is 45.8 Å². The summed E-state index contributed by atoms with van der Waals surface area (Å²) < 4.78 is 5.64. The third-order valence-electron chi connectivity index (χ3n) is 3.14. The second-order valence-electron chi connectivity index (χ2n) is 5.58. The fourth-order valence-electron chi connectivity index (χ4n) is 2.37. The lowest BCUT2D eigenvalue weighted by molar-refractivity contribution is 0.232. The zero-order valence-corrected chi connectivity index (χ0v) is 12.3. The van der Waals surface area contributed by atoms with E-state index in [4.69, 9.17) is 4.74 Å². The van der Waals surface area contributed by atoms with E-state index in [0.717, 1.165) is 12.2 Å². The van der Waals surface area contributed by atoms with E-state index in [0.29, 0.717) is 17.9 Å². The molecule has 0 aliphatic carbocycles. The molecular formula is C14H24N4O. The molecule has 1 N–H and O–H groups in total. The third kappa shape index (κ3) is 4.35. The summed E-state index contributed by atoms with van der Waals surface area (Å²) in [7, 11) is 2.15. The molecule has 0 radical (unpaired) electrons. The van der Waals surface area contributed by atoms with Gasteiger partial charge in [0.15, 0.2) is 0 Å². The standard InChI is InChI=1S/C14H24N4O/c1-10(2)19-13-8-11(3)15-14(17-13)16-12-6-5-7-18(4)9-12/h8,10,12H,5-7,9H2,1-4H3,(H,15,16,17). The number of aromatic nitrogens is 2. The Morgan fingerprint density at radius 3 is 2.89 bits per heavy atom. The van der Waals surface area contributed by atoms with Crippen molar-refractivity contribution in [2.24, 2.45) is 0 Å². The first-order valence-electron chi connectivity index (χ1n) is 7.00. The SMILES string of the molecule is Cc1cc(OC(C)C)nc(NC2CCCN(C)C2)n1. The Morgan fingerprint density at radius 1 is 1.42 bits per heavy atom. The van der Waals surface area contributed by atoms with Crippen LogP contribution in [0.25, 0.3) is 0 Å². The van der Waals surface area contributed by atoms with Gasteiger partial charge in [0, 0.05) is 24.3 Å². The zero-order valence-electron chi connectivity index (χ0n) is 12.3. The summed E-state index contributed by atoms with van der Waals surface area (Å²) >= 11 is 0. The molecule has 0 bridgehead atoms. The number of aryl methyl sites for hydroxylation is 1. The molecule has 0 amide bonds. The highest BCUT2D eigenvalue weighted by molar-refractivity contribution is 5.32. The third-order valence-corrected chi connectivity index (χ3v) is 3.14. The average molecular weight is 264 g/mol. The fraction of sp³-hybridized carbons (Fsp3) is 0.714. The van der Waals surface area contributed by atoms with Crippen molar-refractivity contribution in [2.75, 3.05) is 25.5 Å². The Balaban J connectivity index is 2.04. The molecule has 5 nitrogen and oxygen atoms in total. The van der Waals surface area contributed by atoms with Crippen LogP contribution in [0, 0.1) is 6.92 Å². The minimum absolute atomic E-state index is 0.128. The number of nitrogens with one attached hydrogen (secondary N) is 1. The van der Waals surface area contributed by atoms with Crippen LogP contribution in [0.2, 0.25) is 0 Å². The number of ether oxygens (including phenoxy) is 1. The Bertz CT molecular complexity index is 422. The molecule has 0 spiro atoms. The largest absolute Gasteiger partial charge is 0.475 e. The summed E-state index contributed by atoms with van der Waals surface area (Å²) in [4.78, 5) is 11.2. The van der Waals surface area contributed by atoms with Crippen molar-refractivity contribution in [1.82, 2.24) is 14.9 Å². The van der Waals surface area contributed by atoms with Crippen LogP contribution < -0.4 is 10.1 Å². The maximum Gasteiger partial charge on any atom is 0.226 e. The van der Waals surface area contributed by atoms with Gasteiger partial charge in [-0.25, -0.2) is 4.98 Å². The summed E-state index contributed by atoms with van der Waals surface area (Å²) in [6.07, 6.45) is 2.51. The van der Waals surface area contributed by atoms with Gasteiger partial charge >= 0.3 is 0 Å². The van der Waals surface area contributed by atoms with Crippen molar-refractivity contribution in [3.8, 4) is 5.88 Å². The lowest BCUT2D eigenvalue weighted by Gasteiger charge is -2.30. The van der Waals surface area contributed by atoms with Crippen LogP contribution in [0.15, 0.2) is 6.07 Å². The number of likely N-dealkylation sites (tertiary alicyclic amines) is 1. The maximum absolute atomic E-state index is 5.64. The molecule has 0 saturated carbocycles. The van der Waals surface area contributed by atoms with Gasteiger partial charge in [-0.3, -0.25) is 0 Å². The summed E-state index contributed by atoms with van der Waals surface area (Å²) in [6, 6.07) is 2.30. The van der Waals surface area contributed by atoms with Gasteiger partial charge in [-0.15, -0.1) is 0 Å². The minimum Gasteiger partial charge on any atom is -0.475 e. The Kier molecular flexibility index (Phi) is 4.58. The first-order valence-corrected chi connectivity index (χ1v) is 7.00. The van der Waals surface area contributed by atoms with Gasteiger partial charge in [0.1, 0.15) is 0 Å². The van der Waals surface area contributed by atoms with Crippen LogP contribution in [-0.2, 0) is 0 Å². The molecule has 1 aliphatic rings. The van der Waals surface area contributed by atoms with E-state index in [9.17, 15) is 0 Å². The van der Waals surface area contributed by atoms with Gasteiger partial charge in [0.25, 0.3) is 0 Å². The van der Waals surface area contributed by atoms with E-state index in [1.165, 1.54) is 19.4 Å². The van der Waals surface area contributed by atoms with E-state index >= 15 is 0 Å². The van der Waals surface area contributed by atoms with Crippen LogP contribution in [0.1, 0.15) is 32.4 Å². The number of nitrogens with zero attached hydrogens (tertiary/aromatic N) is 3. The lowest BCUT2D eigenvalue weighted by atomic mass is 10.1. The Hall–Kier alpha value is -1.36. The van der Waals surface area contributed by atoms with Crippen LogP contribution in [0.4, 0.5) is 5.95 Å². The first kappa shape index (κ1) is 14.1. The molecule has 2 rings (SSSR count). The predicted octanol–water partition coefficient (Wildman–Crippen LogP) is 2.08. The number of hydrogen-bond acceptors (Lipinski definition) is 5. The molecule has 0 aromatic carbocycles. The topological polar surface area (TPSA) is 50.3 Å². The number of piperidine rings is 1. The zero-order chi connectivity index (χ0) is 13.8. The molecule has 1 aliphatic heterocycles. The summed E-state index contributed by atoms with van der Waals surface area (Å²) in [6.45, 7) is 8.18. The molecule has 19 heavy (non-hydrogen) atoms. The maximum atomic E-state index is 5.64. The molecule has 1 fully saturated rings. The Labute approximate surface area is 115 Å². The minimum atomic E-state index is 0.128. The molecular weight excluding hydrogens is 240 g/mol. The van der Waals surface area contributed by atoms with Crippen LogP contribution >= 0.6 is 0 Å². The van der Waals surface area contributed by atoms with E-state index < -0.39 is 0 Å². The van der Waals surface area contributed by atoms with Crippen molar-refractivity contribution in [3.05, 3.63) is 11.8 Å². The van der Waals surface area contributed by atoms with Crippen molar-refractivity contribution < 1.29 is 4.74 Å². The van der Waals surface area contributed by atoms with Crippen molar-refractivity contribution in [3.63, 3.8) is 0 Å². The highest BCUT2D eigenvalue weighted by Gasteiger charge is 2.18. The normalized spacial score (nSPS) is 20.6. The van der Waals surface area contributed by atoms with Gasteiger partial charge in [-0.05, 0) is 47.2 Å². The average Bonchev–Trinajstić information content (AvgIpc) is 2.26. The smallest absolute Gasteiger partial charge is 0.226 e. The van der Waals surface area contributed by atoms with Crippen LogP contribution in [0.3, 0.4) is 0 Å². The van der Waals surface area contributed by atoms with Gasteiger partial charge in [0.05, 0.1) is 6.10 Å². The van der Waals surface area contributed by atoms with E-state index in [1.54, 1.807) is 0 Å². The van der Waals surface area contributed by atoms with E-state index in [-0.39, 0.29) is 6.10 Å². The second kappa shape index (κ2) is 6.19. The molecule has 106 valence electrons. The number of hydrogen-bond donors (Lipinski definition) is 1. The summed E-state index contributed by atoms with van der Waals surface area (Å²) in [5.74, 6) is 1.32. The molecule has 2 heterocycles. The monoisotopic (exact) mass is 264 g/mol. The summed E-state index contributed by atoms with van der Waals surface area (Å²) in [5, 5.41) is 3.42.